The SMILES string of the molecule is CC(C)n1c(N)nnc1SCCC(=O)OC(C)(C)C. The minimum Gasteiger partial charge on any atom is -0.460 e. The van der Waals surface area contributed by atoms with Crippen LogP contribution in [0.2, 0.25) is 0 Å². The highest BCUT2D eigenvalue weighted by molar-refractivity contribution is 7.99. The zero-order chi connectivity index (χ0) is 14.6. The molecule has 1 aromatic rings. The van der Waals surface area contributed by atoms with Gasteiger partial charge in [0.05, 0.1) is 6.42 Å². The lowest BCUT2D eigenvalue weighted by atomic mass is 10.2. The molecule has 1 aromatic heterocycles. The zero-order valence-electron chi connectivity index (χ0n) is 12.1. The molecule has 108 valence electrons. The fourth-order valence-electron chi connectivity index (χ4n) is 1.49. The first-order chi connectivity index (χ1) is 8.70. The van der Waals surface area contributed by atoms with Crippen LogP contribution in [0.5, 0.6) is 0 Å². The van der Waals surface area contributed by atoms with Gasteiger partial charge in [-0.05, 0) is 34.6 Å². The van der Waals surface area contributed by atoms with Crippen LogP contribution in [-0.4, -0.2) is 32.1 Å². The first kappa shape index (κ1) is 15.8. The molecule has 0 bridgehead atoms. The predicted molar refractivity (Wildman–Crippen MR) is 76.0 cm³/mol. The number of aromatic nitrogens is 3. The zero-order valence-corrected chi connectivity index (χ0v) is 13.0. The summed E-state index contributed by atoms with van der Waals surface area (Å²) >= 11 is 1.46. The molecular weight excluding hydrogens is 264 g/mol. The van der Waals surface area contributed by atoms with Crippen LogP contribution in [0.3, 0.4) is 0 Å². The van der Waals surface area contributed by atoms with Crippen molar-refractivity contribution in [1.29, 1.82) is 0 Å². The van der Waals surface area contributed by atoms with E-state index in [1.165, 1.54) is 11.8 Å². The van der Waals surface area contributed by atoms with Crippen LogP contribution in [0, 0.1) is 0 Å². The third-order valence-electron chi connectivity index (χ3n) is 2.16. The Morgan fingerprint density at radius 3 is 2.58 bits per heavy atom. The van der Waals surface area contributed by atoms with Crippen molar-refractivity contribution >= 4 is 23.7 Å². The molecule has 0 radical (unpaired) electrons. The molecular formula is C12H22N4O2S. The maximum Gasteiger partial charge on any atom is 0.307 e. The van der Waals surface area contributed by atoms with Gasteiger partial charge in [-0.3, -0.25) is 9.36 Å². The van der Waals surface area contributed by atoms with E-state index in [1.54, 1.807) is 0 Å². The van der Waals surface area contributed by atoms with Crippen molar-refractivity contribution in [1.82, 2.24) is 14.8 Å². The Morgan fingerprint density at radius 2 is 2.05 bits per heavy atom. The number of nitrogen functional groups attached to an aromatic ring is 1. The van der Waals surface area contributed by atoms with Crippen molar-refractivity contribution < 1.29 is 9.53 Å². The van der Waals surface area contributed by atoms with Gasteiger partial charge in [-0.1, -0.05) is 11.8 Å². The average molecular weight is 286 g/mol. The summed E-state index contributed by atoms with van der Waals surface area (Å²) < 4.78 is 7.09. The van der Waals surface area contributed by atoms with Crippen LogP contribution >= 0.6 is 11.8 Å². The van der Waals surface area contributed by atoms with Crippen molar-refractivity contribution in [2.75, 3.05) is 11.5 Å². The van der Waals surface area contributed by atoms with Gasteiger partial charge < -0.3 is 10.5 Å². The number of esters is 1. The number of hydrogen-bond donors (Lipinski definition) is 1. The second-order valence-corrected chi connectivity index (χ2v) is 6.55. The highest BCUT2D eigenvalue weighted by Gasteiger charge is 2.17. The fraction of sp³-hybridized carbons (Fsp3) is 0.750. The van der Waals surface area contributed by atoms with E-state index >= 15 is 0 Å². The summed E-state index contributed by atoms with van der Waals surface area (Å²) in [5.74, 6) is 0.790. The summed E-state index contributed by atoms with van der Waals surface area (Å²) in [5.41, 5.74) is 5.30. The Balaban J connectivity index is 2.48. The number of rotatable bonds is 5. The quantitative estimate of drug-likeness (QED) is 0.660. The van der Waals surface area contributed by atoms with Crippen LogP contribution in [0.25, 0.3) is 0 Å². The van der Waals surface area contributed by atoms with Gasteiger partial charge in [-0.2, -0.15) is 0 Å². The summed E-state index contributed by atoms with van der Waals surface area (Å²) in [6, 6.07) is 0.194. The minimum absolute atomic E-state index is 0.194. The molecule has 2 N–H and O–H groups in total. The summed E-state index contributed by atoms with van der Waals surface area (Å²) in [7, 11) is 0. The molecule has 0 saturated heterocycles. The van der Waals surface area contributed by atoms with Crippen LogP contribution in [0.15, 0.2) is 5.16 Å². The van der Waals surface area contributed by atoms with Gasteiger partial charge >= 0.3 is 5.97 Å². The Kier molecular flexibility index (Phi) is 5.22. The van der Waals surface area contributed by atoms with Crippen molar-refractivity contribution in [2.45, 2.75) is 57.8 Å². The number of hydrogen-bond acceptors (Lipinski definition) is 6. The molecule has 0 aliphatic rings. The molecule has 7 heteroatoms. The molecule has 1 heterocycles. The van der Waals surface area contributed by atoms with E-state index in [2.05, 4.69) is 10.2 Å². The third kappa shape index (κ3) is 5.10. The lowest BCUT2D eigenvalue weighted by Gasteiger charge is -2.19. The average Bonchev–Trinajstić information content (AvgIpc) is 2.57. The standard InChI is InChI=1S/C12H22N4O2S/c1-8(2)16-10(13)14-15-11(16)19-7-6-9(17)18-12(3,4)5/h8H,6-7H2,1-5H3,(H2,13,14). The van der Waals surface area contributed by atoms with Gasteiger partial charge in [0.15, 0.2) is 5.16 Å². The number of anilines is 1. The molecule has 19 heavy (non-hydrogen) atoms. The predicted octanol–water partition coefficient (Wildman–Crippen LogP) is 2.27. The smallest absolute Gasteiger partial charge is 0.307 e. The monoisotopic (exact) mass is 286 g/mol. The fourth-order valence-corrected chi connectivity index (χ4v) is 2.48. The Morgan fingerprint density at radius 1 is 1.42 bits per heavy atom. The van der Waals surface area contributed by atoms with E-state index in [9.17, 15) is 4.79 Å². The Hall–Kier alpha value is -1.24. The highest BCUT2D eigenvalue weighted by Crippen LogP contribution is 2.23. The molecule has 0 aliphatic heterocycles. The van der Waals surface area contributed by atoms with E-state index in [1.807, 2.05) is 39.2 Å². The van der Waals surface area contributed by atoms with Gasteiger partial charge in [-0.25, -0.2) is 0 Å². The minimum atomic E-state index is -0.440. The van der Waals surface area contributed by atoms with E-state index in [0.29, 0.717) is 18.1 Å². The normalized spacial score (nSPS) is 11.9. The molecule has 0 unspecified atom stereocenters. The lowest BCUT2D eigenvalue weighted by Crippen LogP contribution is -2.24. The summed E-state index contributed by atoms with van der Waals surface area (Å²) in [6.07, 6.45) is 0.340. The molecule has 0 amide bonds. The van der Waals surface area contributed by atoms with E-state index < -0.39 is 5.60 Å². The second-order valence-electron chi connectivity index (χ2n) is 5.49. The van der Waals surface area contributed by atoms with Crippen LogP contribution in [-0.2, 0) is 9.53 Å². The van der Waals surface area contributed by atoms with Gasteiger partial charge in [-0.15, -0.1) is 10.2 Å². The summed E-state index contributed by atoms with van der Waals surface area (Å²) in [5, 5.41) is 8.59. The highest BCUT2D eigenvalue weighted by atomic mass is 32.2. The lowest BCUT2D eigenvalue weighted by molar-refractivity contribution is -0.154. The van der Waals surface area contributed by atoms with Gasteiger partial charge in [0.1, 0.15) is 5.60 Å². The maximum absolute atomic E-state index is 11.6. The number of nitrogens with zero attached hydrogens (tertiary/aromatic N) is 3. The number of ether oxygens (including phenoxy) is 1. The van der Waals surface area contributed by atoms with Crippen molar-refractivity contribution in [3.8, 4) is 0 Å². The molecule has 6 nitrogen and oxygen atoms in total. The first-order valence-corrected chi connectivity index (χ1v) is 7.24. The van der Waals surface area contributed by atoms with Gasteiger partial charge in [0, 0.05) is 11.8 Å². The first-order valence-electron chi connectivity index (χ1n) is 6.25. The number of carbonyl (C=O) groups is 1. The second kappa shape index (κ2) is 6.27. The topological polar surface area (TPSA) is 83.0 Å². The Labute approximate surface area is 118 Å². The summed E-state index contributed by atoms with van der Waals surface area (Å²) in [4.78, 5) is 11.6. The molecule has 0 fully saturated rings. The largest absolute Gasteiger partial charge is 0.460 e. The number of thioether (sulfide) groups is 1. The van der Waals surface area contributed by atoms with Gasteiger partial charge in [0.25, 0.3) is 0 Å². The third-order valence-corrected chi connectivity index (χ3v) is 3.11. The number of carbonyl (C=O) groups excluding carboxylic acids is 1. The van der Waals surface area contributed by atoms with Crippen molar-refractivity contribution in [3.63, 3.8) is 0 Å². The molecule has 0 aromatic carbocycles. The number of nitrogens with two attached hydrogens (primary N) is 1. The molecule has 1 rings (SSSR count). The molecule has 0 spiro atoms. The van der Waals surface area contributed by atoms with Crippen molar-refractivity contribution in [3.05, 3.63) is 0 Å². The van der Waals surface area contributed by atoms with Crippen LogP contribution < -0.4 is 5.73 Å². The van der Waals surface area contributed by atoms with E-state index in [-0.39, 0.29) is 12.0 Å². The molecule has 0 atom stereocenters. The van der Waals surface area contributed by atoms with Gasteiger partial charge in [0.2, 0.25) is 5.95 Å². The summed E-state index contributed by atoms with van der Waals surface area (Å²) in [6.45, 7) is 9.59. The van der Waals surface area contributed by atoms with E-state index in [0.717, 1.165) is 5.16 Å². The molecule has 0 aliphatic carbocycles. The van der Waals surface area contributed by atoms with Crippen LogP contribution in [0.4, 0.5) is 5.95 Å². The van der Waals surface area contributed by atoms with Crippen LogP contribution in [0.1, 0.15) is 47.1 Å². The maximum atomic E-state index is 11.6. The van der Waals surface area contributed by atoms with E-state index in [4.69, 9.17) is 10.5 Å². The molecule has 0 saturated carbocycles. The van der Waals surface area contributed by atoms with Crippen molar-refractivity contribution in [2.24, 2.45) is 0 Å². The Bertz CT molecular complexity index is 437.